The molecule has 0 bridgehead atoms. The number of pyridine rings is 1. The number of benzene rings is 1. The largest absolute Gasteiger partial charge is 0.349 e. The second-order valence-corrected chi connectivity index (χ2v) is 5.20. The van der Waals surface area contributed by atoms with Gasteiger partial charge in [0.15, 0.2) is 6.93 Å². The van der Waals surface area contributed by atoms with E-state index in [1.54, 1.807) is 12.1 Å². The van der Waals surface area contributed by atoms with Crippen molar-refractivity contribution in [3.05, 3.63) is 53.4 Å². The van der Waals surface area contributed by atoms with Crippen molar-refractivity contribution in [2.75, 3.05) is 5.31 Å². The minimum Gasteiger partial charge on any atom is -0.324 e. The number of hydrogen-bond donors (Lipinski definition) is 2. The Hall–Kier alpha value is -3.13. The molecule has 1 amide bonds. The third-order valence-electron chi connectivity index (χ3n) is 3.18. The van der Waals surface area contributed by atoms with Crippen LogP contribution in [0.1, 0.15) is 8.44 Å². The quantitative estimate of drug-likeness (QED) is 0.546. The normalized spacial score (nSPS) is 14.0. The lowest BCUT2D eigenvalue weighted by Gasteiger charge is -2.04. The van der Waals surface area contributed by atoms with Crippen LogP contribution in [0.2, 0.25) is 7.85 Å². The molecule has 0 fully saturated rings. The molecule has 0 radical (unpaired) electrons. The van der Waals surface area contributed by atoms with Crippen LogP contribution in [-0.2, 0) is 11.2 Å². The Morgan fingerprint density at radius 2 is 2.42 bits per heavy atom. The number of nitrogens with one attached hydrogen (secondary N) is 2. The van der Waals surface area contributed by atoms with E-state index in [0.717, 1.165) is 0 Å². The number of anilines is 1. The molecule has 4 rings (SSSR count). The summed E-state index contributed by atoms with van der Waals surface area (Å²) in [5, 5.41) is 8.94. The minimum absolute atomic E-state index is 0.0910. The molecular weight excluding hydrogens is 330 g/mol. The molecule has 0 atom stereocenters. The van der Waals surface area contributed by atoms with Gasteiger partial charge in [-0.3, -0.25) is 9.78 Å². The fourth-order valence-corrected chi connectivity index (χ4v) is 2.35. The average molecular weight is 345 g/mol. The first-order valence-electron chi connectivity index (χ1n) is 8.70. The van der Waals surface area contributed by atoms with E-state index >= 15 is 0 Å². The van der Waals surface area contributed by atoms with E-state index in [4.69, 9.17) is 17.2 Å². The lowest BCUT2D eigenvalue weighted by atomic mass is 10.2. The highest BCUT2D eigenvalue weighted by molar-refractivity contribution is 6.31. The molecule has 0 saturated heterocycles. The van der Waals surface area contributed by atoms with Crippen molar-refractivity contribution in [2.24, 2.45) is 0 Å². The highest BCUT2D eigenvalue weighted by Gasteiger charge is 2.20. The van der Waals surface area contributed by atoms with Crippen LogP contribution in [0.4, 0.5) is 5.69 Å². The SMILES string of the molecule is [2H]N(C(=O)C([2H])([2H])c1nc2cc(Cl)ccc2[n+]2nn([2H])nc12)c1cccnc1. The lowest BCUT2D eigenvalue weighted by Crippen LogP contribution is -2.28. The number of nitrogens with zero attached hydrogens (tertiary/aromatic N) is 5. The third-order valence-corrected chi connectivity index (χ3v) is 3.42. The van der Waals surface area contributed by atoms with E-state index in [0.29, 0.717) is 21.1 Å². The van der Waals surface area contributed by atoms with Gasteiger partial charge in [-0.1, -0.05) is 16.1 Å². The van der Waals surface area contributed by atoms with Crippen molar-refractivity contribution >= 4 is 39.9 Å². The summed E-state index contributed by atoms with van der Waals surface area (Å²) in [7, 11) is 0. The molecule has 9 heteroatoms. The van der Waals surface area contributed by atoms with E-state index in [-0.39, 0.29) is 22.5 Å². The first kappa shape index (κ1) is 10.6. The van der Waals surface area contributed by atoms with Gasteiger partial charge in [-0.15, -0.1) is 0 Å². The Bertz CT molecular complexity index is 1220. The van der Waals surface area contributed by atoms with Crippen LogP contribution in [-0.4, -0.2) is 31.4 Å². The average Bonchev–Trinajstić information content (AvgIpc) is 3.07. The number of carbonyl (C=O) groups is 1. The molecule has 1 aromatic carbocycles. The van der Waals surface area contributed by atoms with Gasteiger partial charge in [0.05, 0.1) is 28.6 Å². The number of carbonyl (C=O) groups excluding carboxylic acids is 1. The molecule has 4 aromatic rings. The summed E-state index contributed by atoms with van der Waals surface area (Å²) in [6.45, 7) is 0. The molecule has 3 aromatic heterocycles. The van der Waals surface area contributed by atoms with E-state index in [9.17, 15) is 4.79 Å². The predicted molar refractivity (Wildman–Crippen MR) is 86.4 cm³/mol. The molecule has 0 aliphatic carbocycles. The molecule has 0 spiro atoms. The van der Waals surface area contributed by atoms with Crippen LogP contribution < -0.4 is 9.83 Å². The molecule has 0 unspecified atom stereocenters. The van der Waals surface area contributed by atoms with Gasteiger partial charge < -0.3 is 5.31 Å². The summed E-state index contributed by atoms with van der Waals surface area (Å²) in [5.41, 5.74) is 0.276. The minimum atomic E-state index is -2.74. The molecule has 0 aliphatic heterocycles. The second kappa shape index (κ2) is 5.82. The number of amides is 1. The third kappa shape index (κ3) is 2.63. The number of halogens is 1. The Kier molecular flexibility index (Phi) is 2.57. The van der Waals surface area contributed by atoms with E-state index in [2.05, 4.69) is 20.3 Å². The van der Waals surface area contributed by atoms with Crippen molar-refractivity contribution in [3.8, 4) is 0 Å². The lowest BCUT2D eigenvalue weighted by molar-refractivity contribution is -0.554. The number of rotatable bonds is 3. The van der Waals surface area contributed by atoms with Crippen LogP contribution in [0.25, 0.3) is 16.7 Å². The zero-order valence-corrected chi connectivity index (χ0v) is 12.7. The van der Waals surface area contributed by atoms with Crippen molar-refractivity contribution < 1.29 is 14.9 Å². The second-order valence-electron chi connectivity index (χ2n) is 4.76. The molecule has 118 valence electrons. The predicted octanol–water partition coefficient (Wildman–Crippen LogP) is 1.32. The molecule has 2 N–H and O–H groups in total. The highest BCUT2D eigenvalue weighted by atomic mass is 35.5. The summed E-state index contributed by atoms with van der Waals surface area (Å²) in [5.74, 6) is -1.20. The number of aromatic nitrogens is 6. The number of H-pyrrole nitrogens is 1. The molecule has 0 aliphatic rings. The van der Waals surface area contributed by atoms with Crippen molar-refractivity contribution in [2.45, 2.75) is 6.37 Å². The van der Waals surface area contributed by atoms with Gasteiger partial charge >= 0.3 is 7.06 Å². The first-order chi connectivity index (χ1) is 13.3. The van der Waals surface area contributed by atoms with E-state index < -0.39 is 12.3 Å². The standard InChI is InChI=1S/C15H10ClN7O/c16-9-3-4-13-11(6-9)19-12(15-20-21-22-23(13)15)7-14(24)18-10-2-1-5-17-8-10/h1-6,8H,7H2,(H,18,24)/p+1/i7D2/hD2. The maximum Gasteiger partial charge on any atom is 0.349 e. The first-order valence-corrected chi connectivity index (χ1v) is 7.18. The Labute approximate surface area is 146 Å². The van der Waals surface area contributed by atoms with Gasteiger partial charge in [-0.2, -0.15) is 0 Å². The Balaban J connectivity index is 1.91. The fourth-order valence-electron chi connectivity index (χ4n) is 2.18. The van der Waals surface area contributed by atoms with E-state index in [1.165, 1.54) is 35.1 Å². The zero-order valence-electron chi connectivity index (χ0n) is 16.0. The van der Waals surface area contributed by atoms with Gasteiger partial charge in [0, 0.05) is 14.0 Å². The Morgan fingerprint density at radius 1 is 1.50 bits per heavy atom. The maximum atomic E-state index is 12.8. The number of tetrazole rings is 1. The summed E-state index contributed by atoms with van der Waals surface area (Å²) >= 11 is 6.00. The molecule has 3 heterocycles. The molecule has 0 saturated carbocycles. The van der Waals surface area contributed by atoms with Gasteiger partial charge in [0.2, 0.25) is 5.91 Å². The topological polar surface area (TPSA) is 101 Å². The van der Waals surface area contributed by atoms with E-state index in [1.807, 2.05) is 0 Å². The maximum absolute atomic E-state index is 12.8. The van der Waals surface area contributed by atoms with Gasteiger partial charge in [0.25, 0.3) is 0 Å². The van der Waals surface area contributed by atoms with Crippen molar-refractivity contribution in [1.82, 2.24) is 25.5 Å². The molecule has 8 nitrogen and oxygen atoms in total. The summed E-state index contributed by atoms with van der Waals surface area (Å²) < 4.78 is 33.6. The van der Waals surface area contributed by atoms with Crippen molar-refractivity contribution in [3.63, 3.8) is 0 Å². The summed E-state index contributed by atoms with van der Waals surface area (Å²) in [6, 6.07) is 7.64. The van der Waals surface area contributed by atoms with Crippen LogP contribution in [0.3, 0.4) is 0 Å². The highest BCUT2D eigenvalue weighted by Crippen LogP contribution is 2.17. The van der Waals surface area contributed by atoms with Crippen LogP contribution in [0.15, 0.2) is 42.7 Å². The van der Waals surface area contributed by atoms with Crippen LogP contribution >= 0.6 is 11.6 Å². The molecular formula is C15H11ClN7O+. The number of fused-ring (bicyclic) bond motifs is 3. The molecule has 24 heavy (non-hydrogen) atoms. The summed E-state index contributed by atoms with van der Waals surface area (Å²) in [6.07, 6.45) is -0.00773. The smallest absolute Gasteiger partial charge is 0.324 e. The monoisotopic (exact) mass is 344 g/mol. The Morgan fingerprint density at radius 3 is 3.25 bits per heavy atom. The summed E-state index contributed by atoms with van der Waals surface area (Å²) in [4.78, 5) is 20.8. The zero-order chi connectivity index (χ0) is 20.1. The van der Waals surface area contributed by atoms with Crippen molar-refractivity contribution in [1.29, 1.82) is 0 Å². The van der Waals surface area contributed by atoms with Crippen LogP contribution in [0, 0.1) is 0 Å². The van der Waals surface area contributed by atoms with Crippen LogP contribution in [0.5, 0.6) is 0 Å². The van der Waals surface area contributed by atoms with Gasteiger partial charge in [-0.25, -0.2) is 4.98 Å². The van der Waals surface area contributed by atoms with Gasteiger partial charge in [-0.05, 0) is 35.5 Å². The number of aromatic amines is 1. The van der Waals surface area contributed by atoms with Gasteiger partial charge in [0.1, 0.15) is 11.2 Å². The fraction of sp³-hybridized carbons (Fsp3) is 0.0667. The number of hydrogen-bond acceptors (Lipinski definition) is 5.